The molecule has 59 heavy (non-hydrogen) atoms. The number of ether oxygens (including phenoxy) is 1. The number of aromatic nitrogens is 3. The topological polar surface area (TPSA) is 198 Å². The van der Waals surface area contributed by atoms with Gasteiger partial charge in [-0.15, -0.1) is 12.4 Å². The number of hydrogen-bond acceptors (Lipinski definition) is 11. The van der Waals surface area contributed by atoms with Gasteiger partial charge in [-0.25, -0.2) is 13.8 Å². The van der Waals surface area contributed by atoms with Crippen LogP contribution in [-0.2, 0) is 17.8 Å². The zero-order chi connectivity index (χ0) is 41.5. The minimum absolute atomic E-state index is 0. The Morgan fingerprint density at radius 1 is 1.05 bits per heavy atom. The molecule has 0 spiro atoms. The zero-order valence-electron chi connectivity index (χ0n) is 32.0. The highest BCUT2D eigenvalue weighted by molar-refractivity contribution is 5.99. The summed E-state index contributed by atoms with van der Waals surface area (Å²) in [6.07, 6.45) is 6.18. The number of nitriles is 2. The predicted octanol–water partition coefficient (Wildman–Crippen LogP) is 6.76. The minimum atomic E-state index is -1.00. The summed E-state index contributed by atoms with van der Waals surface area (Å²) in [5.74, 6) is -2.70. The van der Waals surface area contributed by atoms with Crippen LogP contribution in [0.3, 0.4) is 0 Å². The van der Waals surface area contributed by atoms with E-state index in [0.29, 0.717) is 36.4 Å². The molecular formula is C42H38ClF2N9O5. The van der Waals surface area contributed by atoms with Gasteiger partial charge in [-0.05, 0) is 98.5 Å². The van der Waals surface area contributed by atoms with Gasteiger partial charge in [0.2, 0.25) is 11.4 Å². The number of amides is 2. The van der Waals surface area contributed by atoms with E-state index in [2.05, 4.69) is 32.0 Å². The van der Waals surface area contributed by atoms with Gasteiger partial charge in [-0.1, -0.05) is 6.07 Å². The molecule has 0 radical (unpaired) electrons. The first-order valence-corrected chi connectivity index (χ1v) is 18.0. The minimum Gasteiger partial charge on any atom is -0.503 e. The van der Waals surface area contributed by atoms with Crippen LogP contribution in [0.15, 0.2) is 83.9 Å². The van der Waals surface area contributed by atoms with Crippen molar-refractivity contribution in [2.24, 2.45) is 0 Å². The maximum absolute atomic E-state index is 13.8. The van der Waals surface area contributed by atoms with Crippen molar-refractivity contribution in [3.8, 4) is 17.9 Å². The number of pyridine rings is 1. The molecule has 4 N–H and O–H groups in total. The Labute approximate surface area is 343 Å². The van der Waals surface area contributed by atoms with Gasteiger partial charge in [0.15, 0.2) is 17.7 Å². The molecule has 7 rings (SSSR count). The van der Waals surface area contributed by atoms with Crippen molar-refractivity contribution in [1.82, 2.24) is 24.8 Å². The third-order valence-electron chi connectivity index (χ3n) is 9.46. The number of benzene rings is 3. The van der Waals surface area contributed by atoms with Crippen molar-refractivity contribution in [2.45, 2.75) is 52.6 Å². The van der Waals surface area contributed by atoms with Crippen LogP contribution < -0.4 is 21.4 Å². The molecule has 14 nitrogen and oxygen atoms in total. The van der Waals surface area contributed by atoms with Crippen molar-refractivity contribution in [3.05, 3.63) is 140 Å². The summed E-state index contributed by atoms with van der Waals surface area (Å²) in [5, 5.41) is 36.8. The third-order valence-corrected chi connectivity index (χ3v) is 9.46. The Bertz CT molecular complexity index is 2550. The smallest absolute Gasteiger partial charge is 0.276 e. The van der Waals surface area contributed by atoms with Gasteiger partial charge in [0.1, 0.15) is 23.0 Å². The molecule has 2 aliphatic heterocycles. The standard InChI is InChI=1S/C22H18N6.C20H19F2N3O5.ClH/c1-15-12-18(4-3-10-23)13-16(2)21(15)27-20-9-11-25-22(28-20)26-19-7-5-17(14-24)6-8-19;1-10-4-5-30-15-9-24-8-13(17(26)18(27)16(24)20(29)25(10)15)19(28)23-7-11-2-3-12(21)6-14(11)22;/h3-9,11-13H,1-2H3,(H2,25,26,27,28);2-3,6,8,10,15,27H,4-5,7,9H2,1H3,(H,23,28);1H/b4-3+;;/t;10-,15+;/m.1./s1. The second kappa shape index (κ2) is 18.9. The number of aromatic hydroxyl groups is 1. The second-order valence-corrected chi connectivity index (χ2v) is 13.5. The van der Waals surface area contributed by atoms with Gasteiger partial charge in [-0.3, -0.25) is 14.4 Å². The lowest BCUT2D eigenvalue weighted by Gasteiger charge is -2.44. The highest BCUT2D eigenvalue weighted by atomic mass is 35.5. The molecule has 0 bridgehead atoms. The monoisotopic (exact) mass is 821 g/mol. The molecule has 302 valence electrons. The molecule has 2 amide bonds. The highest BCUT2D eigenvalue weighted by Crippen LogP contribution is 2.30. The van der Waals surface area contributed by atoms with Crippen molar-refractivity contribution >= 4 is 53.4 Å². The Hall–Kier alpha value is -7.14. The van der Waals surface area contributed by atoms with Crippen molar-refractivity contribution in [3.63, 3.8) is 0 Å². The molecule has 2 aromatic heterocycles. The summed E-state index contributed by atoms with van der Waals surface area (Å²) in [7, 11) is 0. The van der Waals surface area contributed by atoms with Gasteiger partial charge < -0.3 is 35.3 Å². The lowest BCUT2D eigenvalue weighted by molar-refractivity contribution is -0.112. The summed E-state index contributed by atoms with van der Waals surface area (Å²) in [6, 6.07) is 19.8. The van der Waals surface area contributed by atoms with Gasteiger partial charge >= 0.3 is 0 Å². The van der Waals surface area contributed by atoms with E-state index >= 15 is 0 Å². The number of halogens is 3. The van der Waals surface area contributed by atoms with Gasteiger partial charge in [0, 0.05) is 54.1 Å². The number of aryl methyl sites for hydroxylation is 2. The molecule has 4 heterocycles. The molecule has 5 aromatic rings. The second-order valence-electron chi connectivity index (χ2n) is 13.5. The SMILES string of the molecule is C[C@@H]1CCO[C@H]2Cn3cc(C(=O)NCc4ccc(F)cc4F)c(=O)c(O)c3C(=O)N12.Cc1cc(/C=C/C#N)cc(C)c1Nc1ccnc(Nc2ccc(C#N)cc2)n1.Cl. The first-order valence-electron chi connectivity index (χ1n) is 18.0. The Morgan fingerprint density at radius 3 is 2.46 bits per heavy atom. The molecule has 1 saturated heterocycles. The number of allylic oxidation sites excluding steroid dienone is 1. The van der Waals surface area contributed by atoms with E-state index in [-0.39, 0.29) is 42.8 Å². The van der Waals surface area contributed by atoms with Crippen molar-refractivity contribution in [1.29, 1.82) is 10.5 Å². The number of hydrogen-bond donors (Lipinski definition) is 4. The molecule has 3 aromatic carbocycles. The van der Waals surface area contributed by atoms with Crippen LogP contribution >= 0.6 is 12.4 Å². The molecule has 2 aliphatic rings. The number of fused-ring (bicyclic) bond motifs is 2. The Kier molecular flexibility index (Phi) is 13.7. The van der Waals surface area contributed by atoms with Crippen LogP contribution in [0.5, 0.6) is 5.75 Å². The number of nitrogens with one attached hydrogen (secondary N) is 3. The van der Waals surface area contributed by atoms with E-state index in [1.165, 1.54) is 27.8 Å². The average molecular weight is 822 g/mol. The van der Waals surface area contributed by atoms with E-state index in [4.69, 9.17) is 15.3 Å². The summed E-state index contributed by atoms with van der Waals surface area (Å²) in [5.41, 5.74) is 3.88. The van der Waals surface area contributed by atoms with Gasteiger partial charge in [0.05, 0.1) is 30.9 Å². The number of carbonyl (C=O) groups excluding carboxylic acids is 2. The first kappa shape index (κ1) is 43.0. The quantitative estimate of drug-likeness (QED) is 0.121. The Balaban J connectivity index is 0.000000221. The van der Waals surface area contributed by atoms with E-state index in [0.717, 1.165) is 34.1 Å². The molecular weight excluding hydrogens is 784 g/mol. The molecule has 0 unspecified atom stereocenters. The third kappa shape index (κ3) is 9.88. The van der Waals surface area contributed by atoms with Crippen LogP contribution in [0.2, 0.25) is 0 Å². The summed E-state index contributed by atoms with van der Waals surface area (Å²) in [4.78, 5) is 48.1. The number of rotatable bonds is 8. The molecule has 0 aliphatic carbocycles. The number of nitrogens with zero attached hydrogens (tertiary/aromatic N) is 6. The lowest BCUT2D eigenvalue weighted by Crippen LogP contribution is -2.57. The highest BCUT2D eigenvalue weighted by Gasteiger charge is 2.41. The predicted molar refractivity (Wildman–Crippen MR) is 217 cm³/mol. The van der Waals surface area contributed by atoms with Crippen LogP contribution in [-0.4, -0.2) is 55.2 Å². The molecule has 17 heteroatoms. The molecule has 1 fully saturated rings. The molecule has 0 saturated carbocycles. The van der Waals surface area contributed by atoms with Crippen molar-refractivity contribution in [2.75, 3.05) is 17.2 Å². The van der Waals surface area contributed by atoms with Crippen molar-refractivity contribution < 1.29 is 28.2 Å². The maximum atomic E-state index is 13.8. The number of anilines is 4. The summed E-state index contributed by atoms with van der Waals surface area (Å²) < 4.78 is 33.7. The van der Waals surface area contributed by atoms with Crippen LogP contribution in [0, 0.1) is 48.1 Å². The van der Waals surface area contributed by atoms with E-state index in [1.54, 1.807) is 30.5 Å². The average Bonchev–Trinajstić information content (AvgIpc) is 3.20. The fourth-order valence-corrected chi connectivity index (χ4v) is 6.55. The Morgan fingerprint density at radius 2 is 1.78 bits per heavy atom. The van der Waals surface area contributed by atoms with Crippen LogP contribution in [0.1, 0.15) is 62.0 Å². The van der Waals surface area contributed by atoms with E-state index in [1.807, 2.05) is 51.1 Å². The van der Waals surface area contributed by atoms with E-state index in [9.17, 15) is 28.3 Å². The molecule has 2 atom stereocenters. The normalized spacial score (nSPS) is 15.3. The maximum Gasteiger partial charge on any atom is 0.276 e. The van der Waals surface area contributed by atoms with Gasteiger partial charge in [-0.2, -0.15) is 15.5 Å². The largest absolute Gasteiger partial charge is 0.503 e. The van der Waals surface area contributed by atoms with E-state index < -0.39 is 46.4 Å². The zero-order valence-corrected chi connectivity index (χ0v) is 32.8. The first-order chi connectivity index (χ1) is 27.9. The fraction of sp³-hybridized carbons (Fsp3) is 0.214. The van der Waals surface area contributed by atoms with Crippen LogP contribution in [0.25, 0.3) is 6.08 Å². The van der Waals surface area contributed by atoms with Gasteiger partial charge in [0.25, 0.3) is 11.8 Å². The number of carbonyl (C=O) groups is 2. The fourth-order valence-electron chi connectivity index (χ4n) is 6.55. The summed E-state index contributed by atoms with van der Waals surface area (Å²) in [6.45, 7) is 6.20. The van der Waals surface area contributed by atoms with Crippen LogP contribution in [0.4, 0.5) is 31.9 Å². The lowest BCUT2D eigenvalue weighted by atomic mass is 10.0. The summed E-state index contributed by atoms with van der Waals surface area (Å²) >= 11 is 0.